The number of halogens is 2. The monoisotopic (exact) mass is 269 g/mol. The van der Waals surface area contributed by atoms with E-state index in [2.05, 4.69) is 5.32 Å². The maximum absolute atomic E-state index is 13.1. The Labute approximate surface area is 108 Å². The summed E-state index contributed by atoms with van der Waals surface area (Å²) in [5.41, 5.74) is 0.430. The van der Waals surface area contributed by atoms with Gasteiger partial charge in [0.15, 0.2) is 11.6 Å². The number of carbonyl (C=O) groups is 2. The Bertz CT molecular complexity index is 533. The van der Waals surface area contributed by atoms with Crippen LogP contribution in [0.2, 0.25) is 0 Å². The molecule has 1 aromatic carbocycles. The van der Waals surface area contributed by atoms with Gasteiger partial charge in [-0.05, 0) is 31.0 Å². The lowest BCUT2D eigenvalue weighted by molar-refractivity contribution is -0.140. The first-order chi connectivity index (χ1) is 8.90. The Morgan fingerprint density at radius 3 is 2.53 bits per heavy atom. The molecule has 1 aliphatic rings. The van der Waals surface area contributed by atoms with E-state index in [9.17, 15) is 18.4 Å². The van der Waals surface area contributed by atoms with Crippen LogP contribution in [0.1, 0.15) is 24.9 Å². The maximum Gasteiger partial charge on any atom is 0.307 e. The predicted octanol–water partition coefficient (Wildman–Crippen LogP) is 1.86. The van der Waals surface area contributed by atoms with Gasteiger partial charge < -0.3 is 10.4 Å². The highest BCUT2D eigenvalue weighted by atomic mass is 19.2. The molecule has 0 bridgehead atoms. The lowest BCUT2D eigenvalue weighted by Gasteiger charge is -2.14. The van der Waals surface area contributed by atoms with Crippen molar-refractivity contribution in [2.75, 3.05) is 0 Å². The van der Waals surface area contributed by atoms with E-state index in [-0.39, 0.29) is 5.91 Å². The van der Waals surface area contributed by atoms with Gasteiger partial charge in [-0.15, -0.1) is 0 Å². The molecule has 102 valence electrons. The molecule has 1 aromatic rings. The summed E-state index contributed by atoms with van der Waals surface area (Å²) in [6.07, 6.45) is 0.325. The maximum atomic E-state index is 13.1. The van der Waals surface area contributed by atoms with E-state index in [0.29, 0.717) is 12.0 Å². The van der Waals surface area contributed by atoms with Crippen LogP contribution in [-0.4, -0.2) is 17.0 Å². The van der Waals surface area contributed by atoms with E-state index >= 15 is 0 Å². The van der Waals surface area contributed by atoms with Crippen LogP contribution in [0.25, 0.3) is 0 Å². The van der Waals surface area contributed by atoms with E-state index in [1.807, 2.05) is 0 Å². The molecule has 4 nitrogen and oxygen atoms in total. The lowest BCUT2D eigenvalue weighted by Crippen LogP contribution is -2.29. The van der Waals surface area contributed by atoms with Gasteiger partial charge in [0.1, 0.15) is 0 Å². The van der Waals surface area contributed by atoms with Crippen molar-refractivity contribution >= 4 is 11.9 Å². The van der Waals surface area contributed by atoms with Crippen LogP contribution in [0.5, 0.6) is 0 Å². The number of aliphatic carboxylic acids is 1. The molecule has 1 fully saturated rings. The van der Waals surface area contributed by atoms with E-state index < -0.39 is 35.5 Å². The Balaban J connectivity index is 1.97. The highest BCUT2D eigenvalue weighted by Gasteiger charge is 2.48. The number of carboxylic acids is 1. The minimum Gasteiger partial charge on any atom is -0.481 e. The van der Waals surface area contributed by atoms with Crippen LogP contribution < -0.4 is 5.32 Å². The van der Waals surface area contributed by atoms with Gasteiger partial charge >= 0.3 is 5.97 Å². The van der Waals surface area contributed by atoms with Gasteiger partial charge in [0, 0.05) is 0 Å². The van der Waals surface area contributed by atoms with Crippen molar-refractivity contribution in [3.63, 3.8) is 0 Å². The van der Waals surface area contributed by atoms with E-state index in [4.69, 9.17) is 5.11 Å². The summed E-state index contributed by atoms with van der Waals surface area (Å²) in [4.78, 5) is 22.4. The highest BCUT2D eigenvalue weighted by molar-refractivity contribution is 5.89. The number of nitrogens with one attached hydrogen (secondary N) is 1. The Morgan fingerprint density at radius 2 is 2.00 bits per heavy atom. The summed E-state index contributed by atoms with van der Waals surface area (Å²) < 4.78 is 25.8. The molecular formula is C13H13F2NO3. The van der Waals surface area contributed by atoms with Crippen LogP contribution in [0, 0.1) is 23.5 Å². The molecule has 2 N–H and O–H groups in total. The van der Waals surface area contributed by atoms with Crippen molar-refractivity contribution in [3.8, 4) is 0 Å². The van der Waals surface area contributed by atoms with Gasteiger partial charge in [0.05, 0.1) is 17.9 Å². The van der Waals surface area contributed by atoms with Crippen LogP contribution in [0.4, 0.5) is 8.78 Å². The Kier molecular flexibility index (Phi) is 3.50. The van der Waals surface area contributed by atoms with Crippen molar-refractivity contribution in [3.05, 3.63) is 35.4 Å². The second kappa shape index (κ2) is 4.95. The van der Waals surface area contributed by atoms with Crippen molar-refractivity contribution in [1.82, 2.24) is 5.32 Å². The van der Waals surface area contributed by atoms with Gasteiger partial charge in [0.25, 0.3) is 0 Å². The number of rotatable bonds is 4. The number of hydrogen-bond donors (Lipinski definition) is 2. The zero-order valence-corrected chi connectivity index (χ0v) is 10.2. The quantitative estimate of drug-likeness (QED) is 0.876. The Morgan fingerprint density at radius 1 is 1.32 bits per heavy atom. The van der Waals surface area contributed by atoms with Gasteiger partial charge in [-0.25, -0.2) is 8.78 Å². The molecule has 0 heterocycles. The Hall–Kier alpha value is -1.98. The fraction of sp³-hybridized carbons (Fsp3) is 0.385. The molecule has 2 rings (SSSR count). The fourth-order valence-electron chi connectivity index (χ4n) is 1.94. The standard InChI is InChI=1S/C13H13F2NO3/c1-6(7-2-3-10(14)11(15)4-7)16-12(17)8-5-9(8)13(18)19/h2-4,6,8-9H,5H2,1H3,(H,16,17)(H,18,19). The molecule has 1 amide bonds. The fourth-order valence-corrected chi connectivity index (χ4v) is 1.94. The van der Waals surface area contributed by atoms with Crippen LogP contribution >= 0.6 is 0 Å². The van der Waals surface area contributed by atoms with Gasteiger partial charge in [-0.3, -0.25) is 9.59 Å². The first-order valence-electron chi connectivity index (χ1n) is 5.88. The zero-order valence-electron chi connectivity index (χ0n) is 10.2. The minimum atomic E-state index is -0.986. The van der Waals surface area contributed by atoms with Gasteiger partial charge in [-0.1, -0.05) is 6.07 Å². The first kappa shape index (κ1) is 13.5. The summed E-state index contributed by atoms with van der Waals surface area (Å²) in [5, 5.41) is 11.3. The van der Waals surface area contributed by atoms with Crippen molar-refractivity contribution in [2.45, 2.75) is 19.4 Å². The van der Waals surface area contributed by atoms with Crippen LogP contribution in [0.15, 0.2) is 18.2 Å². The first-order valence-corrected chi connectivity index (χ1v) is 5.88. The summed E-state index contributed by atoms with van der Waals surface area (Å²) >= 11 is 0. The number of amides is 1. The van der Waals surface area contributed by atoms with Crippen LogP contribution in [0.3, 0.4) is 0 Å². The average Bonchev–Trinajstić information content (AvgIpc) is 3.12. The largest absolute Gasteiger partial charge is 0.481 e. The highest BCUT2D eigenvalue weighted by Crippen LogP contribution is 2.39. The third-order valence-electron chi connectivity index (χ3n) is 3.25. The molecule has 0 spiro atoms. The summed E-state index contributed by atoms with van der Waals surface area (Å²) in [6.45, 7) is 1.63. The SMILES string of the molecule is CC(NC(=O)C1CC1C(=O)O)c1ccc(F)c(F)c1. The zero-order chi connectivity index (χ0) is 14.2. The molecular weight excluding hydrogens is 256 g/mol. The molecule has 6 heteroatoms. The molecule has 0 saturated heterocycles. The topological polar surface area (TPSA) is 66.4 Å². The van der Waals surface area contributed by atoms with Gasteiger partial charge in [-0.2, -0.15) is 0 Å². The number of hydrogen-bond acceptors (Lipinski definition) is 2. The molecule has 19 heavy (non-hydrogen) atoms. The molecule has 0 aromatic heterocycles. The predicted molar refractivity (Wildman–Crippen MR) is 62.1 cm³/mol. The number of carboxylic acid groups (broad SMARTS) is 1. The third-order valence-corrected chi connectivity index (χ3v) is 3.25. The van der Waals surface area contributed by atoms with Crippen molar-refractivity contribution in [1.29, 1.82) is 0 Å². The van der Waals surface area contributed by atoms with Crippen molar-refractivity contribution < 1.29 is 23.5 Å². The van der Waals surface area contributed by atoms with Crippen LogP contribution in [-0.2, 0) is 9.59 Å². The average molecular weight is 269 g/mol. The second-order valence-corrected chi connectivity index (χ2v) is 4.69. The number of carbonyl (C=O) groups excluding carboxylic acids is 1. The van der Waals surface area contributed by atoms with E-state index in [1.165, 1.54) is 6.07 Å². The molecule has 3 atom stereocenters. The van der Waals surface area contributed by atoms with E-state index in [1.54, 1.807) is 6.92 Å². The summed E-state index contributed by atoms with van der Waals surface area (Å²) in [5.74, 6) is -4.43. The van der Waals surface area contributed by atoms with Crippen molar-refractivity contribution in [2.24, 2.45) is 11.8 Å². The second-order valence-electron chi connectivity index (χ2n) is 4.69. The third kappa shape index (κ3) is 2.89. The normalized spacial score (nSPS) is 22.7. The lowest BCUT2D eigenvalue weighted by atomic mass is 10.1. The van der Waals surface area contributed by atoms with E-state index in [0.717, 1.165) is 12.1 Å². The molecule has 3 unspecified atom stereocenters. The summed E-state index contributed by atoms with van der Waals surface area (Å²) in [6, 6.07) is 2.88. The minimum absolute atomic E-state index is 0.325. The molecule has 0 aliphatic heterocycles. The molecule has 1 aliphatic carbocycles. The molecule has 0 radical (unpaired) electrons. The number of benzene rings is 1. The smallest absolute Gasteiger partial charge is 0.307 e. The van der Waals surface area contributed by atoms with Gasteiger partial charge in [0.2, 0.25) is 5.91 Å². The summed E-state index contributed by atoms with van der Waals surface area (Å²) in [7, 11) is 0. The molecule has 1 saturated carbocycles.